The third kappa shape index (κ3) is 18.0. The van der Waals surface area contributed by atoms with Crippen LogP contribution >= 0.6 is 12.0 Å². The van der Waals surface area contributed by atoms with Crippen molar-refractivity contribution in [1.82, 2.24) is 68.1 Å². The summed E-state index contributed by atoms with van der Waals surface area (Å²) in [7, 11) is 0. The van der Waals surface area contributed by atoms with E-state index in [4.69, 9.17) is 4.84 Å². The summed E-state index contributed by atoms with van der Waals surface area (Å²) in [6.45, 7) is 6.21. The molecule has 2 saturated heterocycles. The highest BCUT2D eigenvalue weighted by molar-refractivity contribution is 7.93. The van der Waals surface area contributed by atoms with Gasteiger partial charge in [-0.1, -0.05) is 64.4 Å². The van der Waals surface area contributed by atoms with Gasteiger partial charge in [-0.3, -0.25) is 72.1 Å². The number of carbonyl (C=O) groups excluding carboxylic acids is 13. The zero-order valence-corrected chi connectivity index (χ0v) is 51.0. The largest absolute Gasteiger partial charge is 0.396 e. The van der Waals surface area contributed by atoms with E-state index in [0.29, 0.717) is 58.3 Å². The quantitative estimate of drug-likeness (QED) is 0.0240. The number of fused-ring (bicyclic) bond motifs is 18. The second kappa shape index (κ2) is 31.8. The highest BCUT2D eigenvalue weighted by Gasteiger charge is 2.43. The number of rotatable bonds is 21. The minimum Gasteiger partial charge on any atom is -0.396 e. The number of hydrogen-bond acceptors (Lipinski definition) is 18. The lowest BCUT2D eigenvalue weighted by Gasteiger charge is -2.34. The van der Waals surface area contributed by atoms with Crippen LogP contribution in [0.4, 0.5) is 5.69 Å². The van der Waals surface area contributed by atoms with E-state index in [1.54, 1.807) is 57.2 Å². The van der Waals surface area contributed by atoms with Crippen LogP contribution in [0.2, 0.25) is 0 Å². The normalized spacial score (nSPS) is 22.5. The van der Waals surface area contributed by atoms with Crippen LogP contribution in [-0.4, -0.2) is 183 Å². The van der Waals surface area contributed by atoms with Gasteiger partial charge in [0.15, 0.2) is 0 Å². The summed E-state index contributed by atoms with van der Waals surface area (Å²) in [5.74, 6) is -11.0. The van der Waals surface area contributed by atoms with E-state index in [9.17, 15) is 72.0 Å². The molecule has 0 aliphatic carbocycles. The van der Waals surface area contributed by atoms with Crippen molar-refractivity contribution in [2.24, 2.45) is 17.8 Å². The van der Waals surface area contributed by atoms with Gasteiger partial charge in [-0.2, -0.15) is 0 Å². The number of hydroxylamine groups is 1. The van der Waals surface area contributed by atoms with E-state index in [2.05, 4.69) is 63.6 Å². The number of aliphatic hydroxyl groups excluding tert-OH is 1. The monoisotopic (exact) mass is 1270 g/mol. The SMILES string of the molecule is CC[C@H](C)[C@@H]1NC(=O)CNC(=O)[C@@H](Cc2c(SO)[nH]c3ccccc23)NC(=O)[C@H]([C@@H](C)[C@@H](C)CO)NC(=O)[C@@H]2CCCN2C(=O)[C@H](CC(=O)NOCc2ccc(NC(=O)[C@H](C)NC(=O)CNC(=O)CCN3C(=O)C=CC3=O)cc2)NC(=O)C2C=C(CNC1=O)N2. The predicted molar refractivity (Wildman–Crippen MR) is 323 cm³/mol. The minimum absolute atomic E-state index is 0.00603. The number of para-hydroxylation sites is 1. The predicted octanol–water partition coefficient (Wildman–Crippen LogP) is -1.87. The van der Waals surface area contributed by atoms with Gasteiger partial charge in [0.05, 0.1) is 32.7 Å². The summed E-state index contributed by atoms with van der Waals surface area (Å²) in [6.07, 6.45) is 3.34. The molecule has 5 aliphatic rings. The van der Waals surface area contributed by atoms with Crippen molar-refractivity contribution < 1.29 is 76.8 Å². The first-order chi connectivity index (χ1) is 43.0. The van der Waals surface area contributed by atoms with Crippen molar-refractivity contribution in [3.63, 3.8) is 0 Å². The number of H-pyrrole nitrogens is 1. The molecule has 90 heavy (non-hydrogen) atoms. The second-order valence-corrected chi connectivity index (χ2v) is 23.0. The fraction of sp³-hybridized carbons (Fsp3) is 0.475. The molecule has 30 nitrogen and oxygen atoms in total. The zero-order chi connectivity index (χ0) is 65.3. The van der Waals surface area contributed by atoms with E-state index < -0.39 is 163 Å². The number of anilines is 1. The Bertz CT molecular complexity index is 3280. The third-order valence-electron chi connectivity index (χ3n) is 16.0. The van der Waals surface area contributed by atoms with Crippen molar-refractivity contribution in [2.45, 2.75) is 127 Å². The molecule has 484 valence electrons. The average molecular weight is 1270 g/mol. The highest BCUT2D eigenvalue weighted by Crippen LogP contribution is 2.30. The van der Waals surface area contributed by atoms with Gasteiger partial charge in [0.2, 0.25) is 65.0 Å². The molecule has 0 spiro atoms. The molecule has 2 bridgehead atoms. The van der Waals surface area contributed by atoms with Crippen molar-refractivity contribution in [1.29, 1.82) is 0 Å². The van der Waals surface area contributed by atoms with E-state index in [1.165, 1.54) is 30.0 Å². The van der Waals surface area contributed by atoms with Crippen LogP contribution in [0, 0.1) is 17.8 Å². The molecule has 1 aromatic heterocycles. The fourth-order valence-electron chi connectivity index (χ4n) is 10.3. The highest BCUT2D eigenvalue weighted by atomic mass is 32.2. The molecule has 8 rings (SSSR count). The molecule has 5 aliphatic heterocycles. The number of aliphatic hydroxyl groups is 1. The first-order valence-electron chi connectivity index (χ1n) is 29.4. The summed E-state index contributed by atoms with van der Waals surface area (Å²) in [5, 5.41) is 37.7. The molecule has 1 unspecified atom stereocenters. The van der Waals surface area contributed by atoms with Crippen LogP contribution in [0.3, 0.4) is 0 Å². The molecule has 3 aromatic rings. The van der Waals surface area contributed by atoms with Gasteiger partial charge in [0.1, 0.15) is 47.3 Å². The number of nitrogens with zero attached hydrogens (tertiary/aromatic N) is 2. The molecule has 6 heterocycles. The second-order valence-electron chi connectivity index (χ2n) is 22.5. The van der Waals surface area contributed by atoms with Crippen LogP contribution < -0.4 is 58.6 Å². The first kappa shape index (κ1) is 68.3. The number of imide groups is 1. The third-order valence-corrected chi connectivity index (χ3v) is 16.6. The van der Waals surface area contributed by atoms with Gasteiger partial charge in [0.25, 0.3) is 11.8 Å². The van der Waals surface area contributed by atoms with Crippen LogP contribution in [0.1, 0.15) is 77.8 Å². The Morgan fingerprint density at radius 2 is 1.46 bits per heavy atom. The van der Waals surface area contributed by atoms with Gasteiger partial charge in [0, 0.05) is 79.0 Å². The minimum atomic E-state index is -1.60. The number of benzene rings is 2. The molecule has 31 heteroatoms. The smallest absolute Gasteiger partial charge is 0.253 e. The summed E-state index contributed by atoms with van der Waals surface area (Å²) in [4.78, 5) is 185. The van der Waals surface area contributed by atoms with Gasteiger partial charge >= 0.3 is 0 Å². The van der Waals surface area contributed by atoms with E-state index in [1.807, 2.05) is 6.92 Å². The number of hydrogen-bond donors (Lipinski definition) is 14. The van der Waals surface area contributed by atoms with Crippen molar-refractivity contribution in [2.75, 3.05) is 44.6 Å². The molecule has 0 radical (unpaired) electrons. The van der Waals surface area contributed by atoms with Gasteiger partial charge in [-0.15, -0.1) is 0 Å². The molecule has 2 aromatic carbocycles. The summed E-state index contributed by atoms with van der Waals surface area (Å²) in [6, 6.07) is 4.25. The fourth-order valence-corrected chi connectivity index (χ4v) is 10.7. The zero-order valence-electron chi connectivity index (χ0n) is 50.2. The van der Waals surface area contributed by atoms with E-state index in [-0.39, 0.29) is 50.5 Å². The Kier molecular flexibility index (Phi) is 24.1. The van der Waals surface area contributed by atoms with Crippen LogP contribution in [0.15, 0.2) is 77.5 Å². The standard InChI is InChI=1S/C59H76N14O16S/c1-6-30(2)50-56(85)61-25-36-22-40(64-36)54(83)67-42(24-45(76)71-89-29-34-13-15-35(16-14-34)65-52(81)33(5)63-46(77)26-60-44(75)19-21-73-48(79)17-18-49(73)80)59(87)72-20-9-12-43(72)55(84)70-51(32(4)31(3)28-74)57(86)66-41(53(82)62-27-47(78)69-50)23-38-37-10-7-8-11-39(37)68-58(38)90-88/h7-8,10-11,13-18,22,30-33,40-43,50-51,64,68,74,88H,6,9,12,19-21,23-29H2,1-5H3,(H,60,75)(H,61,85)(H,62,82)(H,63,77)(H,65,81)(H,66,86)(H,67,83)(H,69,78)(H,70,84)(H,71,76)/t30-,31-,32-,33-,40?,41+,42-,43-,50-,51-/m0/s1. The van der Waals surface area contributed by atoms with E-state index in [0.717, 1.165) is 17.1 Å². The lowest BCUT2D eigenvalue weighted by molar-refractivity contribution is -0.145. The maximum atomic E-state index is 14.7. The van der Waals surface area contributed by atoms with Gasteiger partial charge < -0.3 is 72.7 Å². The Labute approximate surface area is 521 Å². The van der Waals surface area contributed by atoms with Gasteiger partial charge in [-0.05, 0) is 72.9 Å². The number of carbonyl (C=O) groups is 13. The molecule has 2 fully saturated rings. The first-order valence-corrected chi connectivity index (χ1v) is 30.2. The Hall–Kier alpha value is -9.20. The lowest BCUT2D eigenvalue weighted by Crippen LogP contribution is -2.61. The topological polar surface area (TPSA) is 426 Å². The maximum Gasteiger partial charge on any atom is 0.253 e. The Balaban J connectivity index is 1.03. The van der Waals surface area contributed by atoms with Crippen molar-refractivity contribution >= 4 is 105 Å². The van der Waals surface area contributed by atoms with Crippen LogP contribution in [0.25, 0.3) is 10.9 Å². The molecule has 10 atom stereocenters. The molecule has 0 saturated carbocycles. The summed E-state index contributed by atoms with van der Waals surface area (Å²) >= 11 is 0.387. The lowest BCUT2D eigenvalue weighted by atomic mass is 9.88. The molecular formula is C59H76N14O16S. The number of amides is 13. The molecular weight excluding hydrogens is 1190 g/mol. The molecule has 14 N–H and O–H groups in total. The van der Waals surface area contributed by atoms with Crippen molar-refractivity contribution in [3.8, 4) is 0 Å². The number of aromatic nitrogens is 1. The number of aromatic amines is 1. The molecule has 13 amide bonds. The average Bonchev–Trinajstić information content (AvgIpc) is 2.25. The Morgan fingerprint density at radius 1 is 0.767 bits per heavy atom. The van der Waals surface area contributed by atoms with Crippen LogP contribution in [0.5, 0.6) is 0 Å². The summed E-state index contributed by atoms with van der Waals surface area (Å²) < 4.78 is 10.3. The number of nitrogens with one attached hydrogen (secondary N) is 12. The summed E-state index contributed by atoms with van der Waals surface area (Å²) in [5.41, 5.74) is 4.56. The van der Waals surface area contributed by atoms with Crippen LogP contribution in [-0.2, 0) is 80.2 Å². The Morgan fingerprint density at radius 3 is 2.14 bits per heavy atom. The van der Waals surface area contributed by atoms with Crippen molar-refractivity contribution in [3.05, 3.63) is 83.6 Å². The van der Waals surface area contributed by atoms with E-state index >= 15 is 0 Å². The maximum absolute atomic E-state index is 14.7. The van der Waals surface area contributed by atoms with Gasteiger partial charge in [-0.25, -0.2) is 5.48 Å².